The lowest BCUT2D eigenvalue weighted by molar-refractivity contribution is 0.0676. The van der Waals surface area contributed by atoms with Gasteiger partial charge in [0.15, 0.2) is 0 Å². The van der Waals surface area contributed by atoms with E-state index in [1.165, 1.54) is 17.1 Å². The fourth-order valence-corrected chi connectivity index (χ4v) is 2.41. The number of halogens is 1. The van der Waals surface area contributed by atoms with Crippen molar-refractivity contribution in [3.05, 3.63) is 24.0 Å². The Balaban J connectivity index is 1.89. The number of amides is 1. The number of hydrogen-bond donors (Lipinski definition) is 2. The van der Waals surface area contributed by atoms with Crippen LogP contribution < -0.4 is 15.8 Å². The summed E-state index contributed by atoms with van der Waals surface area (Å²) in [5.41, 5.74) is 6.64. The first-order valence-electron chi connectivity index (χ1n) is 7.22. The SMILES string of the molecule is Cn1ncc(-c2cnc(OC3CCNCC3F)c(C(N)=O)c2)n1. The summed E-state index contributed by atoms with van der Waals surface area (Å²) in [5, 5.41) is 11.0. The lowest BCUT2D eigenvalue weighted by Crippen LogP contribution is -2.44. The quantitative estimate of drug-likeness (QED) is 0.824. The number of primary amides is 1. The van der Waals surface area contributed by atoms with E-state index in [-0.39, 0.29) is 18.0 Å². The Hall–Kier alpha value is -2.55. The van der Waals surface area contributed by atoms with E-state index in [9.17, 15) is 9.18 Å². The van der Waals surface area contributed by atoms with Crippen LogP contribution in [0.4, 0.5) is 4.39 Å². The van der Waals surface area contributed by atoms with Gasteiger partial charge >= 0.3 is 0 Å². The highest BCUT2D eigenvalue weighted by molar-refractivity contribution is 5.96. The molecule has 3 N–H and O–H groups in total. The lowest BCUT2D eigenvalue weighted by Gasteiger charge is -2.27. The smallest absolute Gasteiger partial charge is 0.254 e. The zero-order chi connectivity index (χ0) is 16.4. The molecule has 1 aliphatic heterocycles. The van der Waals surface area contributed by atoms with Gasteiger partial charge in [0, 0.05) is 25.4 Å². The molecule has 0 aliphatic carbocycles. The number of carbonyl (C=O) groups is 1. The minimum absolute atomic E-state index is 0.0414. The number of carbonyl (C=O) groups excluding carboxylic acids is 1. The van der Waals surface area contributed by atoms with Gasteiger partial charge in [0.1, 0.15) is 23.5 Å². The molecule has 0 bridgehead atoms. The second-order valence-electron chi connectivity index (χ2n) is 5.33. The molecule has 9 heteroatoms. The number of nitrogens with zero attached hydrogens (tertiary/aromatic N) is 4. The topological polar surface area (TPSA) is 108 Å². The Labute approximate surface area is 131 Å². The Kier molecular flexibility index (Phi) is 4.20. The van der Waals surface area contributed by atoms with E-state index in [4.69, 9.17) is 10.5 Å². The number of alkyl halides is 1. The maximum absolute atomic E-state index is 13.9. The monoisotopic (exact) mass is 320 g/mol. The molecule has 2 unspecified atom stereocenters. The van der Waals surface area contributed by atoms with E-state index in [0.717, 1.165) is 0 Å². The molecule has 0 saturated carbocycles. The molecular weight excluding hydrogens is 303 g/mol. The molecule has 1 amide bonds. The van der Waals surface area contributed by atoms with Gasteiger partial charge in [-0.05, 0) is 19.0 Å². The van der Waals surface area contributed by atoms with E-state index in [0.29, 0.717) is 24.2 Å². The van der Waals surface area contributed by atoms with Crippen molar-refractivity contribution in [3.8, 4) is 17.1 Å². The predicted octanol–water partition coefficient (Wildman–Crippen LogP) is 0.0548. The summed E-state index contributed by atoms with van der Waals surface area (Å²) in [4.78, 5) is 17.2. The van der Waals surface area contributed by atoms with Gasteiger partial charge in [0.05, 0.1) is 6.20 Å². The van der Waals surface area contributed by atoms with E-state index in [1.54, 1.807) is 13.2 Å². The minimum Gasteiger partial charge on any atom is -0.471 e. The van der Waals surface area contributed by atoms with Crippen LogP contribution in [0.2, 0.25) is 0 Å². The molecular formula is C14H17FN6O2. The van der Waals surface area contributed by atoms with Gasteiger partial charge in [-0.1, -0.05) is 0 Å². The number of pyridine rings is 1. The largest absolute Gasteiger partial charge is 0.471 e. The number of nitrogens with two attached hydrogens (primary N) is 1. The number of aryl methyl sites for hydroxylation is 1. The fraction of sp³-hybridized carbons (Fsp3) is 0.429. The van der Waals surface area contributed by atoms with Crippen LogP contribution in [0, 0.1) is 0 Å². The van der Waals surface area contributed by atoms with E-state index in [1.807, 2.05) is 0 Å². The van der Waals surface area contributed by atoms with Crippen molar-refractivity contribution in [1.82, 2.24) is 25.3 Å². The first-order chi connectivity index (χ1) is 11.0. The molecule has 2 aromatic rings. The first-order valence-corrected chi connectivity index (χ1v) is 7.22. The Morgan fingerprint density at radius 2 is 2.35 bits per heavy atom. The summed E-state index contributed by atoms with van der Waals surface area (Å²) in [7, 11) is 1.68. The van der Waals surface area contributed by atoms with Crippen LogP contribution in [0.25, 0.3) is 11.3 Å². The number of rotatable bonds is 4. The third-order valence-electron chi connectivity index (χ3n) is 3.62. The van der Waals surface area contributed by atoms with Crippen molar-refractivity contribution in [2.45, 2.75) is 18.7 Å². The van der Waals surface area contributed by atoms with Crippen molar-refractivity contribution in [2.24, 2.45) is 12.8 Å². The molecule has 3 rings (SSSR count). The minimum atomic E-state index is -1.16. The summed E-state index contributed by atoms with van der Waals surface area (Å²) < 4.78 is 19.4. The second-order valence-corrected chi connectivity index (χ2v) is 5.33. The lowest BCUT2D eigenvalue weighted by atomic mass is 10.1. The molecule has 1 saturated heterocycles. The third-order valence-corrected chi connectivity index (χ3v) is 3.62. The molecule has 0 aromatic carbocycles. The molecule has 2 atom stereocenters. The van der Waals surface area contributed by atoms with Gasteiger partial charge in [-0.2, -0.15) is 15.0 Å². The van der Waals surface area contributed by atoms with Crippen molar-refractivity contribution >= 4 is 5.91 Å². The van der Waals surface area contributed by atoms with Crippen LogP contribution in [0.3, 0.4) is 0 Å². The van der Waals surface area contributed by atoms with E-state index < -0.39 is 18.2 Å². The molecule has 1 fully saturated rings. The van der Waals surface area contributed by atoms with Gasteiger partial charge in [0.25, 0.3) is 5.91 Å². The molecule has 0 spiro atoms. The van der Waals surface area contributed by atoms with Crippen LogP contribution in [-0.2, 0) is 7.05 Å². The molecule has 8 nitrogen and oxygen atoms in total. The van der Waals surface area contributed by atoms with Crippen LogP contribution >= 0.6 is 0 Å². The van der Waals surface area contributed by atoms with Gasteiger partial charge in [-0.25, -0.2) is 9.37 Å². The summed E-state index contributed by atoms with van der Waals surface area (Å²) in [5.74, 6) is -0.651. The fourth-order valence-electron chi connectivity index (χ4n) is 2.41. The molecule has 0 radical (unpaired) electrons. The van der Waals surface area contributed by atoms with Gasteiger partial charge in [-0.3, -0.25) is 4.79 Å². The van der Waals surface area contributed by atoms with Crippen LogP contribution in [-0.4, -0.2) is 51.3 Å². The highest BCUT2D eigenvalue weighted by atomic mass is 19.1. The molecule has 23 heavy (non-hydrogen) atoms. The summed E-state index contributed by atoms with van der Waals surface area (Å²) in [6.07, 6.45) is 1.73. The van der Waals surface area contributed by atoms with Gasteiger partial charge < -0.3 is 15.8 Å². The highest BCUT2D eigenvalue weighted by Gasteiger charge is 2.28. The van der Waals surface area contributed by atoms with Crippen LogP contribution in [0.15, 0.2) is 18.5 Å². The number of hydrogen-bond acceptors (Lipinski definition) is 6. The zero-order valence-corrected chi connectivity index (χ0v) is 12.6. The highest BCUT2D eigenvalue weighted by Crippen LogP contribution is 2.25. The normalized spacial score (nSPS) is 21.1. The average molecular weight is 320 g/mol. The molecule has 122 valence electrons. The van der Waals surface area contributed by atoms with Gasteiger partial charge in [0.2, 0.25) is 5.88 Å². The number of aromatic nitrogens is 4. The van der Waals surface area contributed by atoms with E-state index >= 15 is 0 Å². The predicted molar refractivity (Wildman–Crippen MR) is 79.6 cm³/mol. The molecule has 2 aromatic heterocycles. The summed E-state index contributed by atoms with van der Waals surface area (Å²) >= 11 is 0. The molecule has 1 aliphatic rings. The molecule has 3 heterocycles. The van der Waals surface area contributed by atoms with Crippen molar-refractivity contribution in [1.29, 1.82) is 0 Å². The van der Waals surface area contributed by atoms with Crippen molar-refractivity contribution < 1.29 is 13.9 Å². The van der Waals surface area contributed by atoms with Crippen molar-refractivity contribution in [2.75, 3.05) is 13.1 Å². The first kappa shape index (κ1) is 15.3. The maximum Gasteiger partial charge on any atom is 0.254 e. The number of piperidine rings is 1. The van der Waals surface area contributed by atoms with Crippen molar-refractivity contribution in [3.63, 3.8) is 0 Å². The van der Waals surface area contributed by atoms with E-state index in [2.05, 4.69) is 20.5 Å². The number of nitrogens with one attached hydrogen (secondary N) is 1. The van der Waals surface area contributed by atoms with Gasteiger partial charge in [-0.15, -0.1) is 0 Å². The maximum atomic E-state index is 13.9. The number of ether oxygens (including phenoxy) is 1. The van der Waals surface area contributed by atoms with Crippen LogP contribution in [0.1, 0.15) is 16.8 Å². The summed E-state index contributed by atoms with van der Waals surface area (Å²) in [6.45, 7) is 0.864. The van der Waals surface area contributed by atoms with Crippen LogP contribution in [0.5, 0.6) is 5.88 Å². The standard InChI is InChI=1S/C14H17FN6O2/c1-21-19-7-11(20-21)8-4-9(13(16)22)14(18-5-8)23-12-2-3-17-6-10(12)15/h4-5,7,10,12,17H,2-3,6H2,1H3,(H2,16,22). The summed E-state index contributed by atoms with van der Waals surface area (Å²) in [6, 6.07) is 1.53. The Morgan fingerprint density at radius 1 is 1.52 bits per heavy atom. The Bertz CT molecular complexity index is 719. The average Bonchev–Trinajstić information content (AvgIpc) is 2.96. The third kappa shape index (κ3) is 3.29. The Morgan fingerprint density at radius 3 is 3.00 bits per heavy atom. The zero-order valence-electron chi connectivity index (χ0n) is 12.6. The second kappa shape index (κ2) is 6.29.